The van der Waals surface area contributed by atoms with Crippen LogP contribution in [0.15, 0.2) is 17.5 Å². The summed E-state index contributed by atoms with van der Waals surface area (Å²) in [6.07, 6.45) is 12.9. The highest BCUT2D eigenvalue weighted by Gasteiger charge is 2.48. The third kappa shape index (κ3) is 4.91. The number of likely N-dealkylation sites (tertiary alicyclic amines) is 1. The molecule has 0 aromatic carbocycles. The molecule has 5 rings (SSSR count). The van der Waals surface area contributed by atoms with Gasteiger partial charge in [0.1, 0.15) is 11.2 Å². The van der Waals surface area contributed by atoms with Gasteiger partial charge < -0.3 is 19.7 Å². The van der Waals surface area contributed by atoms with Crippen molar-refractivity contribution in [2.45, 2.75) is 109 Å². The maximum atomic E-state index is 13.9. The summed E-state index contributed by atoms with van der Waals surface area (Å²) in [5.74, 6) is 0.0220. The Morgan fingerprint density at radius 3 is 2.66 bits per heavy atom. The molecular formula is C28H42N4O2S. The number of rotatable bonds is 7. The van der Waals surface area contributed by atoms with Gasteiger partial charge in [-0.05, 0) is 69.5 Å². The molecule has 0 spiro atoms. The highest BCUT2D eigenvalue weighted by Crippen LogP contribution is 2.35. The van der Waals surface area contributed by atoms with Gasteiger partial charge in [0.2, 0.25) is 5.91 Å². The summed E-state index contributed by atoms with van der Waals surface area (Å²) in [4.78, 5) is 32.3. The van der Waals surface area contributed by atoms with Crippen molar-refractivity contribution in [1.29, 1.82) is 0 Å². The highest BCUT2D eigenvalue weighted by atomic mass is 32.1. The molecule has 2 amide bonds. The second kappa shape index (κ2) is 10.6. The number of amides is 2. The van der Waals surface area contributed by atoms with Crippen molar-refractivity contribution in [3.05, 3.63) is 23.2 Å². The fourth-order valence-electron chi connectivity index (χ4n) is 6.64. The Morgan fingerprint density at radius 2 is 1.89 bits per heavy atom. The zero-order chi connectivity index (χ0) is 24.4. The molecule has 2 aromatic heterocycles. The Morgan fingerprint density at radius 1 is 1.11 bits per heavy atom. The van der Waals surface area contributed by atoms with E-state index in [-0.39, 0.29) is 17.9 Å². The molecule has 2 aliphatic heterocycles. The van der Waals surface area contributed by atoms with Crippen LogP contribution in [-0.2, 0) is 11.3 Å². The predicted molar refractivity (Wildman–Crippen MR) is 143 cm³/mol. The second-order valence-corrected chi connectivity index (χ2v) is 12.1. The summed E-state index contributed by atoms with van der Waals surface area (Å²) in [6, 6.07) is 4.99. The van der Waals surface area contributed by atoms with Gasteiger partial charge in [-0.1, -0.05) is 39.0 Å². The van der Waals surface area contributed by atoms with Crippen LogP contribution in [0.25, 0.3) is 10.2 Å². The van der Waals surface area contributed by atoms with E-state index in [0.717, 1.165) is 48.3 Å². The predicted octanol–water partition coefficient (Wildman–Crippen LogP) is 5.41. The van der Waals surface area contributed by atoms with E-state index >= 15 is 0 Å². The molecule has 6 nitrogen and oxygen atoms in total. The lowest BCUT2D eigenvalue weighted by Gasteiger charge is -2.45. The van der Waals surface area contributed by atoms with Crippen molar-refractivity contribution in [3.63, 3.8) is 0 Å². The lowest BCUT2D eigenvalue weighted by atomic mass is 9.93. The molecule has 3 aliphatic rings. The number of nitrogens with zero attached hydrogens (tertiary/aromatic N) is 3. The number of piperidine rings is 1. The maximum absolute atomic E-state index is 13.9. The smallest absolute Gasteiger partial charge is 0.271 e. The Labute approximate surface area is 214 Å². The molecule has 2 atom stereocenters. The fraction of sp³-hybridized carbons (Fsp3) is 0.714. The van der Waals surface area contributed by atoms with E-state index in [2.05, 4.69) is 33.2 Å². The van der Waals surface area contributed by atoms with Crippen LogP contribution in [0.3, 0.4) is 0 Å². The van der Waals surface area contributed by atoms with Gasteiger partial charge in [0.25, 0.3) is 5.91 Å². The van der Waals surface area contributed by atoms with E-state index in [4.69, 9.17) is 0 Å². The van der Waals surface area contributed by atoms with E-state index in [1.54, 1.807) is 11.3 Å². The van der Waals surface area contributed by atoms with Gasteiger partial charge in [-0.3, -0.25) is 9.59 Å². The number of fused-ring (bicyclic) bond motifs is 3. The van der Waals surface area contributed by atoms with E-state index < -0.39 is 5.54 Å². The van der Waals surface area contributed by atoms with Crippen LogP contribution in [0, 0.1) is 0 Å². The molecule has 35 heavy (non-hydrogen) atoms. The Kier molecular flexibility index (Phi) is 7.54. The van der Waals surface area contributed by atoms with Gasteiger partial charge in [0.15, 0.2) is 0 Å². The van der Waals surface area contributed by atoms with Gasteiger partial charge in [-0.25, -0.2) is 0 Å². The molecule has 2 aromatic rings. The average molecular weight is 499 g/mol. The minimum Gasteiger partial charge on any atom is -0.351 e. The molecule has 1 N–H and O–H groups in total. The minimum atomic E-state index is -0.879. The first-order valence-corrected chi connectivity index (χ1v) is 14.8. The first kappa shape index (κ1) is 24.8. The van der Waals surface area contributed by atoms with E-state index in [9.17, 15) is 9.59 Å². The van der Waals surface area contributed by atoms with Crippen LogP contribution in [0.5, 0.6) is 0 Å². The third-order valence-corrected chi connectivity index (χ3v) is 9.63. The molecule has 1 saturated carbocycles. The van der Waals surface area contributed by atoms with Crippen LogP contribution < -0.4 is 5.32 Å². The van der Waals surface area contributed by atoms with Crippen LogP contribution in [-0.4, -0.2) is 63.4 Å². The number of carbonyl (C=O) groups excluding carboxylic acids is 2. The zero-order valence-electron chi connectivity index (χ0n) is 21.6. The third-order valence-electron chi connectivity index (χ3n) is 8.78. The Balaban J connectivity index is 1.37. The summed E-state index contributed by atoms with van der Waals surface area (Å²) in [5.41, 5.74) is 0.928. The van der Waals surface area contributed by atoms with Gasteiger partial charge in [0.05, 0.1) is 16.8 Å². The first-order chi connectivity index (χ1) is 17.0. The number of carbonyl (C=O) groups is 2. The lowest BCUT2D eigenvalue weighted by Crippen LogP contribution is -2.65. The van der Waals surface area contributed by atoms with Crippen LogP contribution >= 0.6 is 11.3 Å². The quantitative estimate of drug-likeness (QED) is 0.519. The van der Waals surface area contributed by atoms with Crippen molar-refractivity contribution in [1.82, 2.24) is 19.7 Å². The van der Waals surface area contributed by atoms with Crippen LogP contribution in [0.1, 0.15) is 95.0 Å². The molecular weight excluding hydrogens is 456 g/mol. The van der Waals surface area contributed by atoms with Gasteiger partial charge in [-0.2, -0.15) is 0 Å². The Hall–Kier alpha value is -1.86. The van der Waals surface area contributed by atoms with Gasteiger partial charge in [0, 0.05) is 25.2 Å². The number of nitrogens with one attached hydrogen (secondary N) is 1. The summed E-state index contributed by atoms with van der Waals surface area (Å²) >= 11 is 1.66. The number of aromatic nitrogens is 1. The Bertz CT molecular complexity index is 1040. The van der Waals surface area contributed by atoms with Crippen LogP contribution in [0.4, 0.5) is 0 Å². The first-order valence-electron chi connectivity index (χ1n) is 13.9. The van der Waals surface area contributed by atoms with Crippen molar-refractivity contribution >= 4 is 33.4 Å². The molecule has 2 fully saturated rings. The largest absolute Gasteiger partial charge is 0.351 e. The van der Waals surface area contributed by atoms with Crippen molar-refractivity contribution in [3.8, 4) is 0 Å². The minimum absolute atomic E-state index is 0.00357. The van der Waals surface area contributed by atoms with Crippen molar-refractivity contribution in [2.24, 2.45) is 0 Å². The maximum Gasteiger partial charge on any atom is 0.271 e. The number of hydrogen-bond acceptors (Lipinski definition) is 4. The normalized spacial score (nSPS) is 26.6. The molecule has 4 heterocycles. The molecule has 7 heteroatoms. The summed E-state index contributed by atoms with van der Waals surface area (Å²) < 4.78 is 3.22. The molecule has 0 radical (unpaired) electrons. The van der Waals surface area contributed by atoms with Gasteiger partial charge >= 0.3 is 0 Å². The molecule has 0 bridgehead atoms. The summed E-state index contributed by atoms with van der Waals surface area (Å²) in [6.45, 7) is 7.58. The molecule has 1 saturated heterocycles. The number of thiophene rings is 1. The fourth-order valence-corrected chi connectivity index (χ4v) is 7.46. The summed E-state index contributed by atoms with van der Waals surface area (Å²) in [5, 5.41) is 5.46. The zero-order valence-corrected chi connectivity index (χ0v) is 22.4. The SMILES string of the molecule is CC[C@H]1CCCCN1CCCN1C(=O)c2cc3sccc3n2C[C@]1(C)C(=O)NC1CCCCCC1. The molecule has 0 unspecified atom stereocenters. The lowest BCUT2D eigenvalue weighted by molar-refractivity contribution is -0.133. The van der Waals surface area contributed by atoms with Crippen molar-refractivity contribution < 1.29 is 9.59 Å². The topological polar surface area (TPSA) is 57.6 Å². The summed E-state index contributed by atoms with van der Waals surface area (Å²) in [7, 11) is 0. The van der Waals surface area contributed by atoms with Gasteiger partial charge in [-0.15, -0.1) is 11.3 Å². The second-order valence-electron chi connectivity index (χ2n) is 11.1. The number of hydrogen-bond donors (Lipinski definition) is 1. The van der Waals surface area contributed by atoms with E-state index in [1.165, 1.54) is 51.4 Å². The standard InChI is InChI=1S/C28H42N4O2S/c1-3-22-13-8-9-15-30(22)16-10-17-32-26(33)24-19-25-23(14-18-35-25)31(24)20-28(32,2)27(34)29-21-11-6-4-5-7-12-21/h14,18-19,21-22H,3-13,15-17,20H2,1-2H3,(H,29,34)/t22-,28+/m0/s1. The monoisotopic (exact) mass is 498 g/mol. The average Bonchev–Trinajstić information content (AvgIpc) is 3.36. The molecule has 1 aliphatic carbocycles. The van der Waals surface area contributed by atoms with E-state index in [0.29, 0.717) is 19.1 Å². The van der Waals surface area contributed by atoms with Crippen molar-refractivity contribution in [2.75, 3.05) is 19.6 Å². The molecule has 192 valence electrons. The van der Waals surface area contributed by atoms with Crippen LogP contribution in [0.2, 0.25) is 0 Å². The van der Waals surface area contributed by atoms with E-state index in [1.807, 2.05) is 17.9 Å². The highest BCUT2D eigenvalue weighted by molar-refractivity contribution is 7.17.